The van der Waals surface area contributed by atoms with Crippen LogP contribution in [0.15, 0.2) is 23.5 Å². The molecule has 0 aliphatic carbocycles. The monoisotopic (exact) mass is 252 g/mol. The van der Waals surface area contributed by atoms with Crippen molar-refractivity contribution in [1.29, 1.82) is 0 Å². The second-order valence-electron chi connectivity index (χ2n) is 4.15. The largest absolute Gasteiger partial charge is 0.475 e. The Morgan fingerprint density at radius 3 is 3.06 bits per heavy atom. The fourth-order valence-electron chi connectivity index (χ4n) is 1.38. The smallest absolute Gasteiger partial charge is 0.218 e. The van der Waals surface area contributed by atoms with Gasteiger partial charge in [0.05, 0.1) is 6.10 Å². The zero-order chi connectivity index (χ0) is 13.4. The minimum absolute atomic E-state index is 0.0933. The number of oxime groups is 1. The molecule has 100 valence electrons. The number of amidine groups is 1. The van der Waals surface area contributed by atoms with Crippen LogP contribution in [-0.2, 0) is 6.54 Å². The molecular weight excluding hydrogens is 232 g/mol. The first-order valence-electron chi connectivity index (χ1n) is 5.91. The van der Waals surface area contributed by atoms with E-state index in [-0.39, 0.29) is 11.9 Å². The highest BCUT2D eigenvalue weighted by Gasteiger charge is 2.06. The summed E-state index contributed by atoms with van der Waals surface area (Å²) in [7, 11) is 0. The Morgan fingerprint density at radius 2 is 2.39 bits per heavy atom. The molecule has 1 aromatic rings. The number of nitrogens with two attached hydrogens (primary N) is 1. The highest BCUT2D eigenvalue weighted by molar-refractivity contribution is 5.79. The minimum atomic E-state index is 0.0933. The molecule has 4 N–H and O–H groups in total. The van der Waals surface area contributed by atoms with Crippen LogP contribution in [0.3, 0.4) is 0 Å². The SMILES string of the molecule is CC(C)Oc1ncccc1CNCCC(N)=NO. The van der Waals surface area contributed by atoms with Gasteiger partial charge in [0.1, 0.15) is 5.84 Å². The minimum Gasteiger partial charge on any atom is -0.475 e. The molecule has 6 heteroatoms. The molecule has 1 aromatic heterocycles. The number of pyridine rings is 1. The highest BCUT2D eigenvalue weighted by atomic mass is 16.5. The average molecular weight is 252 g/mol. The number of hydrogen-bond acceptors (Lipinski definition) is 5. The number of nitrogens with one attached hydrogen (secondary N) is 1. The number of rotatable bonds is 7. The zero-order valence-corrected chi connectivity index (χ0v) is 10.8. The van der Waals surface area contributed by atoms with Crippen LogP contribution in [0.5, 0.6) is 5.88 Å². The third-order valence-electron chi connectivity index (χ3n) is 2.20. The van der Waals surface area contributed by atoms with E-state index < -0.39 is 0 Å². The van der Waals surface area contributed by atoms with Crippen molar-refractivity contribution >= 4 is 5.84 Å². The second-order valence-corrected chi connectivity index (χ2v) is 4.15. The van der Waals surface area contributed by atoms with Crippen molar-refractivity contribution in [3.8, 4) is 5.88 Å². The summed E-state index contributed by atoms with van der Waals surface area (Å²) in [6.07, 6.45) is 2.30. The van der Waals surface area contributed by atoms with E-state index in [1.54, 1.807) is 6.20 Å². The van der Waals surface area contributed by atoms with Crippen LogP contribution in [0.4, 0.5) is 0 Å². The fraction of sp³-hybridized carbons (Fsp3) is 0.500. The third-order valence-corrected chi connectivity index (χ3v) is 2.20. The quantitative estimate of drug-likeness (QED) is 0.222. The van der Waals surface area contributed by atoms with Crippen LogP contribution in [0.2, 0.25) is 0 Å². The third kappa shape index (κ3) is 5.01. The lowest BCUT2D eigenvalue weighted by atomic mass is 10.2. The van der Waals surface area contributed by atoms with E-state index in [1.807, 2.05) is 26.0 Å². The Hall–Kier alpha value is -1.82. The molecule has 1 rings (SSSR count). The molecule has 18 heavy (non-hydrogen) atoms. The van der Waals surface area contributed by atoms with Crippen LogP contribution >= 0.6 is 0 Å². The molecule has 0 spiro atoms. The number of aromatic nitrogens is 1. The van der Waals surface area contributed by atoms with Gasteiger partial charge in [-0.3, -0.25) is 0 Å². The fourth-order valence-corrected chi connectivity index (χ4v) is 1.38. The zero-order valence-electron chi connectivity index (χ0n) is 10.8. The van der Waals surface area contributed by atoms with Gasteiger partial charge in [0.25, 0.3) is 0 Å². The van der Waals surface area contributed by atoms with Crippen molar-refractivity contribution in [3.63, 3.8) is 0 Å². The Bertz CT molecular complexity index is 393. The van der Waals surface area contributed by atoms with E-state index in [9.17, 15) is 0 Å². The number of hydrogen-bond donors (Lipinski definition) is 3. The molecule has 0 aliphatic rings. The first-order valence-corrected chi connectivity index (χ1v) is 5.91. The maximum absolute atomic E-state index is 8.40. The van der Waals surface area contributed by atoms with Gasteiger partial charge in [-0.2, -0.15) is 0 Å². The molecule has 0 saturated heterocycles. The number of ether oxygens (including phenoxy) is 1. The lowest BCUT2D eigenvalue weighted by Crippen LogP contribution is -2.22. The molecule has 0 saturated carbocycles. The van der Waals surface area contributed by atoms with Crippen LogP contribution < -0.4 is 15.8 Å². The maximum Gasteiger partial charge on any atom is 0.218 e. The van der Waals surface area contributed by atoms with Crippen molar-refractivity contribution in [2.75, 3.05) is 6.54 Å². The molecule has 1 heterocycles. The van der Waals surface area contributed by atoms with E-state index in [1.165, 1.54) is 0 Å². The van der Waals surface area contributed by atoms with Gasteiger partial charge in [-0.25, -0.2) is 4.98 Å². The van der Waals surface area contributed by atoms with Crippen LogP contribution in [0.25, 0.3) is 0 Å². The van der Waals surface area contributed by atoms with Crippen molar-refractivity contribution in [1.82, 2.24) is 10.3 Å². The Labute approximate surface area is 107 Å². The van der Waals surface area contributed by atoms with Crippen molar-refractivity contribution in [2.45, 2.75) is 32.9 Å². The van der Waals surface area contributed by atoms with Crippen molar-refractivity contribution in [3.05, 3.63) is 23.9 Å². The summed E-state index contributed by atoms with van der Waals surface area (Å²) in [6.45, 7) is 5.19. The molecule has 0 aliphatic heterocycles. The Morgan fingerprint density at radius 1 is 1.61 bits per heavy atom. The van der Waals surface area contributed by atoms with Gasteiger partial charge in [-0.15, -0.1) is 0 Å². The standard InChI is InChI=1S/C12H20N4O2/c1-9(2)18-12-10(4-3-6-15-12)8-14-7-5-11(13)16-17/h3-4,6,9,14,17H,5,7-8H2,1-2H3,(H2,13,16). The van der Waals surface area contributed by atoms with E-state index in [0.717, 1.165) is 5.56 Å². The summed E-state index contributed by atoms with van der Waals surface area (Å²) >= 11 is 0. The summed E-state index contributed by atoms with van der Waals surface area (Å²) < 4.78 is 5.61. The normalized spacial score (nSPS) is 11.8. The summed E-state index contributed by atoms with van der Waals surface area (Å²) in [6, 6.07) is 3.83. The molecular formula is C12H20N4O2. The maximum atomic E-state index is 8.40. The summed E-state index contributed by atoms with van der Waals surface area (Å²) in [4.78, 5) is 4.20. The lowest BCUT2D eigenvalue weighted by molar-refractivity contribution is 0.229. The molecule has 0 aromatic carbocycles. The topological polar surface area (TPSA) is 92.8 Å². The van der Waals surface area contributed by atoms with Gasteiger partial charge in [-0.05, 0) is 19.9 Å². The molecule has 6 nitrogen and oxygen atoms in total. The second kappa shape index (κ2) is 7.50. The molecule has 0 atom stereocenters. The summed E-state index contributed by atoms with van der Waals surface area (Å²) in [5.41, 5.74) is 6.36. The molecule has 0 radical (unpaired) electrons. The van der Waals surface area contributed by atoms with Crippen LogP contribution in [0, 0.1) is 0 Å². The summed E-state index contributed by atoms with van der Waals surface area (Å²) in [5, 5.41) is 14.5. The molecule has 0 bridgehead atoms. The molecule has 0 unspecified atom stereocenters. The lowest BCUT2D eigenvalue weighted by Gasteiger charge is -2.13. The first kappa shape index (κ1) is 14.2. The van der Waals surface area contributed by atoms with E-state index >= 15 is 0 Å². The van der Waals surface area contributed by atoms with Gasteiger partial charge in [0, 0.05) is 31.3 Å². The predicted octanol–water partition coefficient (Wildman–Crippen LogP) is 1.09. The van der Waals surface area contributed by atoms with Gasteiger partial charge in [0.15, 0.2) is 0 Å². The molecule has 0 amide bonds. The van der Waals surface area contributed by atoms with Gasteiger partial charge >= 0.3 is 0 Å². The highest BCUT2D eigenvalue weighted by Crippen LogP contribution is 2.15. The Balaban J connectivity index is 2.46. The summed E-state index contributed by atoms with van der Waals surface area (Å²) in [5.74, 6) is 0.858. The van der Waals surface area contributed by atoms with E-state index in [2.05, 4.69) is 15.5 Å². The predicted molar refractivity (Wildman–Crippen MR) is 69.7 cm³/mol. The number of nitrogens with zero attached hydrogens (tertiary/aromatic N) is 2. The van der Waals surface area contributed by atoms with Gasteiger partial charge in [0.2, 0.25) is 5.88 Å². The van der Waals surface area contributed by atoms with Crippen molar-refractivity contribution < 1.29 is 9.94 Å². The van der Waals surface area contributed by atoms with Gasteiger partial charge < -0.3 is 21.0 Å². The van der Waals surface area contributed by atoms with Gasteiger partial charge in [-0.1, -0.05) is 11.2 Å². The Kier molecular flexibility index (Phi) is 5.93. The van der Waals surface area contributed by atoms with E-state index in [0.29, 0.717) is 25.4 Å². The van der Waals surface area contributed by atoms with E-state index in [4.69, 9.17) is 15.7 Å². The van der Waals surface area contributed by atoms with Crippen LogP contribution in [-0.4, -0.2) is 28.7 Å². The molecule has 0 fully saturated rings. The van der Waals surface area contributed by atoms with Crippen molar-refractivity contribution in [2.24, 2.45) is 10.9 Å². The average Bonchev–Trinajstić information content (AvgIpc) is 2.35. The first-order chi connectivity index (χ1) is 8.63. The van der Waals surface area contributed by atoms with Crippen LogP contribution in [0.1, 0.15) is 25.8 Å².